The van der Waals surface area contributed by atoms with Crippen LogP contribution in [0.15, 0.2) is 71.6 Å². The zero-order valence-corrected chi connectivity index (χ0v) is 17.6. The van der Waals surface area contributed by atoms with Crippen molar-refractivity contribution in [2.24, 2.45) is 0 Å². The summed E-state index contributed by atoms with van der Waals surface area (Å²) in [6, 6.07) is 17.0. The molecule has 4 rings (SSSR count). The van der Waals surface area contributed by atoms with Crippen LogP contribution in [0.1, 0.15) is 22.0 Å². The van der Waals surface area contributed by atoms with Crippen LogP contribution < -0.4 is 4.74 Å². The lowest BCUT2D eigenvalue weighted by atomic mass is 9.95. The monoisotopic (exact) mass is 439 g/mol. The Bertz CT molecular complexity index is 1130. The van der Waals surface area contributed by atoms with Crippen molar-refractivity contribution in [1.82, 2.24) is 4.90 Å². The number of nitrogens with zero attached hydrogens (tertiary/aromatic N) is 1. The lowest BCUT2D eigenvalue weighted by molar-refractivity contribution is -0.140. The summed E-state index contributed by atoms with van der Waals surface area (Å²) in [5.41, 5.74) is 0.984. The number of ketones is 1. The van der Waals surface area contributed by atoms with Gasteiger partial charge >= 0.3 is 0 Å². The smallest absolute Gasteiger partial charge is 0.295 e. The second-order valence-corrected chi connectivity index (χ2v) is 8.20. The first-order chi connectivity index (χ1) is 14.5. The molecule has 1 N–H and O–H groups in total. The molecule has 3 aromatic rings. The van der Waals surface area contributed by atoms with Gasteiger partial charge in [0.25, 0.3) is 11.7 Å². The van der Waals surface area contributed by atoms with E-state index in [4.69, 9.17) is 16.3 Å². The fourth-order valence-corrected chi connectivity index (χ4v) is 4.46. The highest BCUT2D eigenvalue weighted by atomic mass is 35.5. The van der Waals surface area contributed by atoms with Gasteiger partial charge in [-0.05, 0) is 35.2 Å². The van der Waals surface area contributed by atoms with E-state index in [1.165, 1.54) is 23.3 Å². The molecule has 0 spiro atoms. The number of benzene rings is 2. The number of hydrogen-bond donors (Lipinski definition) is 1. The average molecular weight is 440 g/mol. The minimum atomic E-state index is -0.739. The van der Waals surface area contributed by atoms with Crippen molar-refractivity contribution in [2.45, 2.75) is 12.6 Å². The molecule has 2 aromatic carbocycles. The van der Waals surface area contributed by atoms with E-state index in [0.29, 0.717) is 5.75 Å². The molecule has 1 aromatic heterocycles. The molecular weight excluding hydrogens is 422 g/mol. The predicted molar refractivity (Wildman–Crippen MR) is 117 cm³/mol. The topological polar surface area (TPSA) is 66.8 Å². The minimum absolute atomic E-state index is 0.0120. The molecule has 1 aliphatic heterocycles. The Morgan fingerprint density at radius 2 is 1.90 bits per heavy atom. The van der Waals surface area contributed by atoms with Crippen LogP contribution in [0.4, 0.5) is 0 Å². The van der Waals surface area contributed by atoms with Gasteiger partial charge in [0.1, 0.15) is 11.5 Å². The van der Waals surface area contributed by atoms with E-state index in [0.717, 1.165) is 10.4 Å². The van der Waals surface area contributed by atoms with Crippen LogP contribution in [-0.2, 0) is 16.1 Å². The zero-order valence-electron chi connectivity index (χ0n) is 16.0. The molecule has 152 valence electrons. The zero-order chi connectivity index (χ0) is 21.3. The maximum Gasteiger partial charge on any atom is 0.295 e. The number of aliphatic hydroxyl groups excluding tert-OH is 1. The summed E-state index contributed by atoms with van der Waals surface area (Å²) in [5, 5.41) is 13.3. The molecule has 1 amide bonds. The molecule has 2 heterocycles. The number of rotatable bonds is 5. The molecule has 1 saturated heterocycles. The highest BCUT2D eigenvalue weighted by Gasteiger charge is 2.46. The quantitative estimate of drug-likeness (QED) is 0.344. The Balaban J connectivity index is 1.89. The van der Waals surface area contributed by atoms with E-state index >= 15 is 0 Å². The summed E-state index contributed by atoms with van der Waals surface area (Å²) in [7, 11) is 1.50. The normalized spacial score (nSPS) is 18.1. The second kappa shape index (κ2) is 8.34. The van der Waals surface area contributed by atoms with Crippen molar-refractivity contribution in [3.05, 3.63) is 92.6 Å². The Kier molecular flexibility index (Phi) is 5.61. The average Bonchev–Trinajstić information content (AvgIpc) is 3.36. The predicted octanol–water partition coefficient (Wildman–Crippen LogP) is 5.03. The van der Waals surface area contributed by atoms with Gasteiger partial charge in [0.15, 0.2) is 0 Å². The Labute approximate surface area is 182 Å². The molecule has 1 aliphatic rings. The van der Waals surface area contributed by atoms with E-state index in [9.17, 15) is 14.7 Å². The van der Waals surface area contributed by atoms with E-state index in [1.807, 2.05) is 47.8 Å². The fourth-order valence-electron chi connectivity index (χ4n) is 3.55. The molecular formula is C23H18ClNO4S. The molecule has 5 nitrogen and oxygen atoms in total. The highest BCUT2D eigenvalue weighted by molar-refractivity contribution is 7.09. The van der Waals surface area contributed by atoms with Crippen molar-refractivity contribution < 1.29 is 19.4 Å². The van der Waals surface area contributed by atoms with E-state index in [2.05, 4.69) is 0 Å². The first-order valence-electron chi connectivity index (χ1n) is 9.21. The third-order valence-corrected chi connectivity index (χ3v) is 6.18. The maximum absolute atomic E-state index is 13.0. The summed E-state index contributed by atoms with van der Waals surface area (Å²) < 4.78 is 5.22. The molecule has 0 bridgehead atoms. The van der Waals surface area contributed by atoms with Gasteiger partial charge in [-0.1, -0.05) is 48.0 Å². The van der Waals surface area contributed by atoms with E-state index in [-0.39, 0.29) is 28.5 Å². The summed E-state index contributed by atoms with van der Waals surface area (Å²) in [6.07, 6.45) is 0. The van der Waals surface area contributed by atoms with Crippen molar-refractivity contribution in [3.63, 3.8) is 0 Å². The minimum Gasteiger partial charge on any atom is -0.507 e. The van der Waals surface area contributed by atoms with Gasteiger partial charge < -0.3 is 14.7 Å². The molecule has 7 heteroatoms. The standard InChI is InChI=1S/C23H18ClNO4S/c1-29-15-9-10-18(24)17(12-15)21(26)19-20(14-6-3-2-4-7-14)25(23(28)22(19)27)13-16-8-5-11-30-16/h2-12,20,26H,13H2,1H3/b21-19+. The number of ether oxygens (including phenoxy) is 1. The van der Waals surface area contributed by atoms with Gasteiger partial charge in [0, 0.05) is 10.4 Å². The third-order valence-electron chi connectivity index (χ3n) is 4.99. The first kappa shape index (κ1) is 20.2. The van der Waals surface area contributed by atoms with Crippen LogP contribution in [-0.4, -0.2) is 28.8 Å². The number of hydrogen-bond acceptors (Lipinski definition) is 5. The SMILES string of the molecule is COc1ccc(Cl)c(/C(O)=C2\C(=O)C(=O)N(Cc3cccs3)C2c2ccccc2)c1. The Morgan fingerprint density at radius 3 is 2.57 bits per heavy atom. The fraction of sp³-hybridized carbons (Fsp3) is 0.130. The third kappa shape index (κ3) is 3.60. The summed E-state index contributed by atoms with van der Waals surface area (Å²) in [6.45, 7) is 0.268. The van der Waals surface area contributed by atoms with Crippen LogP contribution in [0.2, 0.25) is 5.02 Å². The molecule has 30 heavy (non-hydrogen) atoms. The number of Topliss-reactive ketones (excluding diaryl/α,β-unsaturated/α-hetero) is 1. The van der Waals surface area contributed by atoms with Gasteiger partial charge in [-0.2, -0.15) is 0 Å². The number of aliphatic hydroxyl groups is 1. The van der Waals surface area contributed by atoms with Crippen molar-refractivity contribution in [3.8, 4) is 5.75 Å². The van der Waals surface area contributed by atoms with E-state index < -0.39 is 17.7 Å². The van der Waals surface area contributed by atoms with E-state index in [1.54, 1.807) is 18.2 Å². The first-order valence-corrected chi connectivity index (χ1v) is 10.5. The number of carbonyl (C=O) groups is 2. The highest BCUT2D eigenvalue weighted by Crippen LogP contribution is 2.42. The second-order valence-electron chi connectivity index (χ2n) is 6.76. The van der Waals surface area contributed by atoms with Crippen LogP contribution in [0, 0.1) is 0 Å². The Hall–Kier alpha value is -3.09. The largest absolute Gasteiger partial charge is 0.507 e. The molecule has 0 saturated carbocycles. The van der Waals surface area contributed by atoms with Crippen LogP contribution in [0.25, 0.3) is 5.76 Å². The van der Waals surface area contributed by atoms with Crippen LogP contribution in [0.5, 0.6) is 5.75 Å². The summed E-state index contributed by atoms with van der Waals surface area (Å²) in [4.78, 5) is 28.4. The molecule has 0 radical (unpaired) electrons. The molecule has 1 unspecified atom stereocenters. The van der Waals surface area contributed by atoms with Crippen molar-refractivity contribution in [2.75, 3.05) is 7.11 Å². The molecule has 1 atom stereocenters. The van der Waals surface area contributed by atoms with Crippen LogP contribution in [0.3, 0.4) is 0 Å². The van der Waals surface area contributed by atoms with Crippen molar-refractivity contribution in [1.29, 1.82) is 0 Å². The Morgan fingerprint density at radius 1 is 1.13 bits per heavy atom. The number of halogens is 1. The summed E-state index contributed by atoms with van der Waals surface area (Å²) >= 11 is 7.80. The van der Waals surface area contributed by atoms with Crippen LogP contribution >= 0.6 is 22.9 Å². The number of amides is 1. The van der Waals surface area contributed by atoms with Gasteiger partial charge in [-0.15, -0.1) is 11.3 Å². The van der Waals surface area contributed by atoms with Gasteiger partial charge in [-0.25, -0.2) is 0 Å². The lowest BCUT2D eigenvalue weighted by Gasteiger charge is -2.25. The number of methoxy groups -OCH3 is 1. The lowest BCUT2D eigenvalue weighted by Crippen LogP contribution is -2.28. The number of carbonyl (C=O) groups excluding carboxylic acids is 2. The number of likely N-dealkylation sites (tertiary alicyclic amines) is 1. The van der Waals surface area contributed by atoms with Gasteiger partial charge in [0.2, 0.25) is 0 Å². The summed E-state index contributed by atoms with van der Waals surface area (Å²) in [5.74, 6) is -1.24. The van der Waals surface area contributed by atoms with Crippen molar-refractivity contribution >= 4 is 40.4 Å². The maximum atomic E-state index is 13.0. The number of thiophene rings is 1. The van der Waals surface area contributed by atoms with Gasteiger partial charge in [0.05, 0.1) is 30.3 Å². The molecule has 0 aliphatic carbocycles. The van der Waals surface area contributed by atoms with Gasteiger partial charge in [-0.3, -0.25) is 9.59 Å². The molecule has 1 fully saturated rings.